The van der Waals surface area contributed by atoms with Crippen LogP contribution in [0.5, 0.6) is 0 Å². The Balaban J connectivity index is 0. The van der Waals surface area contributed by atoms with Gasteiger partial charge in [-0.05, 0) is 0 Å². The molecule has 5 heavy (non-hydrogen) atoms. The molecular formula is H4Cl2O2Sr. The molecule has 0 spiro atoms. The van der Waals surface area contributed by atoms with Gasteiger partial charge in [-0.25, -0.2) is 0 Å². The molecule has 0 aliphatic rings. The van der Waals surface area contributed by atoms with Crippen molar-refractivity contribution >= 4 is 45.5 Å². The third kappa shape index (κ3) is 24.2. The molecule has 0 saturated heterocycles. The zero-order valence-electron chi connectivity index (χ0n) is 2.46. The van der Waals surface area contributed by atoms with Gasteiger partial charge in [-0.2, -0.15) is 0 Å². The Morgan fingerprint density at radius 3 is 0.600 bits per heavy atom. The van der Waals surface area contributed by atoms with Crippen LogP contribution in [0.2, 0.25) is 0 Å². The Morgan fingerprint density at radius 2 is 0.600 bits per heavy atom. The van der Waals surface area contributed by atoms with Gasteiger partial charge in [-0.3, -0.25) is 0 Å². The van der Waals surface area contributed by atoms with Gasteiger partial charge >= 0.3 is 45.5 Å². The molecule has 0 aliphatic carbocycles. The normalized spacial score (nSPS) is 0. The number of hydrogen-bond acceptors (Lipinski definition) is 0. The van der Waals surface area contributed by atoms with Crippen LogP contribution in [0.4, 0.5) is 0 Å². The molecule has 0 aromatic heterocycles. The summed E-state index contributed by atoms with van der Waals surface area (Å²) in [6, 6.07) is 0. The second-order valence-electron chi connectivity index (χ2n) is 0. The Bertz CT molecular complexity index is 7.61. The van der Waals surface area contributed by atoms with Crippen LogP contribution >= 0.6 is 0 Å². The molecule has 0 atom stereocenters. The predicted molar refractivity (Wildman–Crippen MR) is 13.0 cm³/mol. The Kier molecular flexibility index (Phi) is 481. The Hall–Kier alpha value is 1.98. The summed E-state index contributed by atoms with van der Waals surface area (Å²) in [4.78, 5) is 0. The second kappa shape index (κ2) is 37.8. The van der Waals surface area contributed by atoms with Crippen molar-refractivity contribution in [2.45, 2.75) is 0 Å². The van der Waals surface area contributed by atoms with E-state index in [0.717, 1.165) is 0 Å². The number of halogens is 2. The minimum atomic E-state index is 0. The van der Waals surface area contributed by atoms with Crippen LogP contribution in [0.1, 0.15) is 0 Å². The fourth-order valence-electron chi connectivity index (χ4n) is 0. The summed E-state index contributed by atoms with van der Waals surface area (Å²) in [6.45, 7) is 0. The van der Waals surface area contributed by atoms with Crippen LogP contribution in [-0.4, -0.2) is 56.4 Å². The van der Waals surface area contributed by atoms with E-state index in [1.807, 2.05) is 0 Å². The van der Waals surface area contributed by atoms with Crippen molar-refractivity contribution < 1.29 is 35.8 Å². The van der Waals surface area contributed by atoms with Crippen molar-refractivity contribution in [3.05, 3.63) is 0 Å². The van der Waals surface area contributed by atoms with E-state index in [1.54, 1.807) is 0 Å². The van der Waals surface area contributed by atoms with Crippen molar-refractivity contribution in [1.82, 2.24) is 0 Å². The van der Waals surface area contributed by atoms with Crippen molar-refractivity contribution in [3.63, 3.8) is 0 Å². The number of hydrogen-bond donors (Lipinski definition) is 0. The van der Waals surface area contributed by atoms with Crippen LogP contribution < -0.4 is 24.8 Å². The summed E-state index contributed by atoms with van der Waals surface area (Å²) in [5.41, 5.74) is 0. The summed E-state index contributed by atoms with van der Waals surface area (Å²) in [7, 11) is 0. The molecule has 0 rings (SSSR count). The molecule has 0 fully saturated rings. The second-order valence-corrected chi connectivity index (χ2v) is 0. The minimum Gasteiger partial charge on any atom is -1.00 e. The van der Waals surface area contributed by atoms with Crippen molar-refractivity contribution in [2.24, 2.45) is 0 Å². The molecule has 0 aromatic rings. The first-order valence-corrected chi connectivity index (χ1v) is 0. The zero-order chi connectivity index (χ0) is 0. The van der Waals surface area contributed by atoms with Gasteiger partial charge in [-0.15, -0.1) is 0 Å². The van der Waals surface area contributed by atoms with E-state index in [4.69, 9.17) is 0 Å². The van der Waals surface area contributed by atoms with Gasteiger partial charge in [0, 0.05) is 0 Å². The van der Waals surface area contributed by atoms with Gasteiger partial charge < -0.3 is 35.8 Å². The standard InChI is InChI=1S/2ClH.2H2O.Sr/h2*1H;2*1H2;/q;;;;+2/p-2. The monoisotopic (exact) mass is 194 g/mol. The first-order chi connectivity index (χ1) is 0. The van der Waals surface area contributed by atoms with Crippen molar-refractivity contribution in [1.29, 1.82) is 0 Å². The van der Waals surface area contributed by atoms with Gasteiger partial charge in [0.2, 0.25) is 0 Å². The topological polar surface area (TPSA) is 63.0 Å². The summed E-state index contributed by atoms with van der Waals surface area (Å²) < 4.78 is 0. The van der Waals surface area contributed by atoms with Gasteiger partial charge in [-0.1, -0.05) is 0 Å². The molecule has 0 saturated carbocycles. The molecule has 0 heterocycles. The van der Waals surface area contributed by atoms with Gasteiger partial charge in [0.05, 0.1) is 0 Å². The van der Waals surface area contributed by atoms with Crippen molar-refractivity contribution in [3.8, 4) is 0 Å². The van der Waals surface area contributed by atoms with Crippen molar-refractivity contribution in [2.75, 3.05) is 0 Å². The summed E-state index contributed by atoms with van der Waals surface area (Å²) >= 11 is 0. The zero-order valence-corrected chi connectivity index (χ0v) is 7.45. The summed E-state index contributed by atoms with van der Waals surface area (Å²) in [5.74, 6) is 0. The third-order valence-electron chi connectivity index (χ3n) is 0. The minimum absolute atomic E-state index is 0. The average Bonchev–Trinajstić information content (AvgIpc) is 0. The van der Waals surface area contributed by atoms with Gasteiger partial charge in [0.15, 0.2) is 0 Å². The van der Waals surface area contributed by atoms with E-state index in [2.05, 4.69) is 0 Å². The molecule has 0 bridgehead atoms. The molecule has 4 N–H and O–H groups in total. The van der Waals surface area contributed by atoms with E-state index >= 15 is 0 Å². The molecule has 32 valence electrons. The van der Waals surface area contributed by atoms with Crippen LogP contribution in [-0.2, 0) is 0 Å². The van der Waals surface area contributed by atoms with Crippen LogP contribution in [0.3, 0.4) is 0 Å². The molecule has 0 aliphatic heterocycles. The van der Waals surface area contributed by atoms with E-state index < -0.39 is 0 Å². The molecule has 0 aromatic carbocycles. The van der Waals surface area contributed by atoms with Gasteiger partial charge in [0.1, 0.15) is 0 Å². The predicted octanol–water partition coefficient (Wildman–Crippen LogP) is -8.02. The summed E-state index contributed by atoms with van der Waals surface area (Å²) in [5, 5.41) is 0. The maximum absolute atomic E-state index is 0. The number of rotatable bonds is 0. The smallest absolute Gasteiger partial charge is 1.00 e. The van der Waals surface area contributed by atoms with Crippen LogP contribution in [0, 0.1) is 0 Å². The maximum atomic E-state index is 0. The third-order valence-corrected chi connectivity index (χ3v) is 0. The van der Waals surface area contributed by atoms with E-state index in [1.165, 1.54) is 0 Å². The molecule has 0 amide bonds. The van der Waals surface area contributed by atoms with Crippen LogP contribution in [0.15, 0.2) is 0 Å². The fourth-order valence-corrected chi connectivity index (χ4v) is 0. The molecule has 5 heteroatoms. The van der Waals surface area contributed by atoms with Crippen LogP contribution in [0.25, 0.3) is 0 Å². The maximum Gasteiger partial charge on any atom is 2.00 e. The molecule has 0 radical (unpaired) electrons. The van der Waals surface area contributed by atoms with E-state index in [-0.39, 0.29) is 81.2 Å². The first kappa shape index (κ1) is 63.7. The van der Waals surface area contributed by atoms with E-state index in [9.17, 15) is 0 Å². The summed E-state index contributed by atoms with van der Waals surface area (Å²) in [6.07, 6.45) is 0. The molecule has 0 unspecified atom stereocenters. The average molecular weight is 195 g/mol. The fraction of sp³-hybridized carbons (Fsp3) is 0. The largest absolute Gasteiger partial charge is 2.00 e. The molecule has 2 nitrogen and oxygen atoms in total. The SMILES string of the molecule is O.O.[Cl-].[Cl-].[Sr+2]. The van der Waals surface area contributed by atoms with Gasteiger partial charge in [0.25, 0.3) is 0 Å². The first-order valence-electron chi connectivity index (χ1n) is 0. The van der Waals surface area contributed by atoms with E-state index in [0.29, 0.717) is 0 Å². The quantitative estimate of drug-likeness (QED) is 0.344. The Morgan fingerprint density at radius 1 is 0.600 bits per heavy atom. The molecular weight excluding hydrogens is 191 g/mol. The Labute approximate surface area is 80.0 Å².